The Morgan fingerprint density at radius 2 is 0.746 bits per heavy atom. The van der Waals surface area contributed by atoms with Gasteiger partial charge in [0.05, 0.1) is 33.3 Å². The Hall–Kier alpha value is -8.47. The van der Waals surface area contributed by atoms with Crippen molar-refractivity contribution in [2.24, 2.45) is 0 Å². The third-order valence-electron chi connectivity index (χ3n) is 12.8. The molecule has 0 aliphatic heterocycles. The zero-order valence-electron chi connectivity index (χ0n) is 34.2. The van der Waals surface area contributed by atoms with Crippen LogP contribution in [0, 0.1) is 0 Å². The molecule has 0 aliphatic carbocycles. The lowest BCUT2D eigenvalue weighted by Crippen LogP contribution is -2.00. The summed E-state index contributed by atoms with van der Waals surface area (Å²) in [7, 11) is 0. The number of hydrogen-bond donors (Lipinski definition) is 0. The van der Waals surface area contributed by atoms with Crippen LogP contribution in [0.15, 0.2) is 231 Å². The number of rotatable bonds is 6. The molecule has 10 aromatic carbocycles. The van der Waals surface area contributed by atoms with Crippen LogP contribution in [0.4, 0.5) is 0 Å². The molecule has 0 fully saturated rings. The highest BCUT2D eigenvalue weighted by atomic mass is 15.3. The third-order valence-corrected chi connectivity index (χ3v) is 12.8. The summed E-state index contributed by atoms with van der Waals surface area (Å²) >= 11 is 0. The Morgan fingerprint density at radius 1 is 0.302 bits per heavy atom. The monoisotopic (exact) mass is 802 g/mol. The van der Waals surface area contributed by atoms with Gasteiger partial charge in [0, 0.05) is 49.3 Å². The Bertz CT molecular complexity index is 3650. The average molecular weight is 803 g/mol. The van der Waals surface area contributed by atoms with Crippen molar-refractivity contribution < 1.29 is 0 Å². The highest BCUT2D eigenvalue weighted by molar-refractivity contribution is 6.17. The van der Waals surface area contributed by atoms with Gasteiger partial charge >= 0.3 is 0 Å². The second-order valence-electron chi connectivity index (χ2n) is 16.4. The molecule has 63 heavy (non-hydrogen) atoms. The standard InChI is InChI=1S/C59H38N4/c1-3-17-41(18-4-1)58-57-52(37-42-19-7-8-22-47(42)59(57)63(60-58)44-20-5-2-6-21-44)40-33-31-39(32-34-40)43-35-45(61-53-27-13-9-23-48(53)49-24-10-14-28-54(49)61)38-46(36-43)62-55-29-15-11-25-50(55)51-26-12-16-30-56(51)62/h1-38H. The molecule has 0 unspecified atom stereocenters. The molecule has 13 aromatic rings. The minimum Gasteiger partial charge on any atom is -0.309 e. The predicted molar refractivity (Wildman–Crippen MR) is 264 cm³/mol. The maximum atomic E-state index is 5.40. The largest absolute Gasteiger partial charge is 0.309 e. The van der Waals surface area contributed by atoms with Crippen LogP contribution in [0.5, 0.6) is 0 Å². The molecule has 0 radical (unpaired) electrons. The normalized spacial score (nSPS) is 11.8. The van der Waals surface area contributed by atoms with Gasteiger partial charge in [0.2, 0.25) is 0 Å². The molecule has 3 heterocycles. The van der Waals surface area contributed by atoms with Gasteiger partial charge < -0.3 is 9.13 Å². The smallest absolute Gasteiger partial charge is 0.101 e. The maximum Gasteiger partial charge on any atom is 0.101 e. The zero-order valence-corrected chi connectivity index (χ0v) is 34.2. The number of hydrogen-bond acceptors (Lipinski definition) is 1. The summed E-state index contributed by atoms with van der Waals surface area (Å²) < 4.78 is 7.00. The molecule has 0 bridgehead atoms. The van der Waals surface area contributed by atoms with Crippen LogP contribution < -0.4 is 0 Å². The first-order chi connectivity index (χ1) is 31.3. The van der Waals surface area contributed by atoms with Crippen molar-refractivity contribution in [2.75, 3.05) is 0 Å². The van der Waals surface area contributed by atoms with Crippen LogP contribution >= 0.6 is 0 Å². The molecular formula is C59H38N4. The van der Waals surface area contributed by atoms with Crippen LogP contribution in [-0.2, 0) is 0 Å². The molecule has 0 saturated heterocycles. The van der Waals surface area contributed by atoms with Crippen LogP contribution in [0.25, 0.3) is 116 Å². The fourth-order valence-corrected chi connectivity index (χ4v) is 10.0. The number of benzene rings is 10. The molecule has 0 N–H and O–H groups in total. The second-order valence-corrected chi connectivity index (χ2v) is 16.4. The van der Waals surface area contributed by atoms with Crippen molar-refractivity contribution in [3.63, 3.8) is 0 Å². The number of para-hydroxylation sites is 5. The Labute approximate surface area is 363 Å². The number of fused-ring (bicyclic) bond motifs is 9. The summed E-state index contributed by atoms with van der Waals surface area (Å²) in [6, 6.07) is 83.4. The van der Waals surface area contributed by atoms with Gasteiger partial charge in [-0.05, 0) is 88.3 Å². The number of aromatic nitrogens is 4. The highest BCUT2D eigenvalue weighted by Crippen LogP contribution is 2.43. The van der Waals surface area contributed by atoms with Crippen LogP contribution in [0.1, 0.15) is 0 Å². The average Bonchev–Trinajstić information content (AvgIpc) is 4.03. The molecule has 294 valence electrons. The third kappa shape index (κ3) is 5.52. The van der Waals surface area contributed by atoms with E-state index in [4.69, 9.17) is 5.10 Å². The van der Waals surface area contributed by atoms with Crippen molar-refractivity contribution in [1.29, 1.82) is 0 Å². The fourth-order valence-electron chi connectivity index (χ4n) is 10.0. The van der Waals surface area contributed by atoms with Gasteiger partial charge in [-0.2, -0.15) is 5.10 Å². The molecule has 13 rings (SSSR count). The Kier molecular flexibility index (Phi) is 7.87. The van der Waals surface area contributed by atoms with Gasteiger partial charge in [0.15, 0.2) is 0 Å². The van der Waals surface area contributed by atoms with Gasteiger partial charge in [-0.15, -0.1) is 0 Å². The summed E-state index contributed by atoms with van der Waals surface area (Å²) in [5, 5.41) is 13.9. The SMILES string of the molecule is c1ccc(-c2nn(-c3ccccc3)c3c2c(-c2ccc(-c4cc(-n5c6ccccc6c6ccccc65)cc(-n5c6ccccc6c6ccccc65)c4)cc2)cc2ccccc23)cc1. The summed E-state index contributed by atoms with van der Waals surface area (Å²) in [4.78, 5) is 0. The van der Waals surface area contributed by atoms with Gasteiger partial charge in [0.25, 0.3) is 0 Å². The molecule has 4 nitrogen and oxygen atoms in total. The van der Waals surface area contributed by atoms with Crippen molar-refractivity contribution in [1.82, 2.24) is 18.9 Å². The van der Waals surface area contributed by atoms with Crippen molar-refractivity contribution in [2.45, 2.75) is 0 Å². The van der Waals surface area contributed by atoms with E-state index in [-0.39, 0.29) is 0 Å². The summed E-state index contributed by atoms with van der Waals surface area (Å²) in [6.07, 6.45) is 0. The Balaban J connectivity index is 1.05. The predicted octanol–water partition coefficient (Wildman–Crippen LogP) is 15.4. The lowest BCUT2D eigenvalue weighted by Gasteiger charge is -2.16. The molecule has 0 aliphatic rings. The van der Waals surface area contributed by atoms with Gasteiger partial charge in [-0.1, -0.05) is 170 Å². The Morgan fingerprint density at radius 3 is 1.29 bits per heavy atom. The maximum absolute atomic E-state index is 5.40. The van der Waals surface area contributed by atoms with Crippen molar-refractivity contribution >= 4 is 65.3 Å². The quantitative estimate of drug-likeness (QED) is 0.165. The minimum atomic E-state index is 0.967. The van der Waals surface area contributed by atoms with E-state index in [0.717, 1.165) is 61.5 Å². The minimum absolute atomic E-state index is 0.967. The molecule has 3 aromatic heterocycles. The lowest BCUT2D eigenvalue weighted by atomic mass is 9.92. The van der Waals surface area contributed by atoms with Gasteiger partial charge in [-0.3, -0.25) is 0 Å². The fraction of sp³-hybridized carbons (Fsp3) is 0. The van der Waals surface area contributed by atoms with Crippen LogP contribution in [0.3, 0.4) is 0 Å². The molecule has 0 saturated carbocycles. The lowest BCUT2D eigenvalue weighted by molar-refractivity contribution is 0.918. The van der Waals surface area contributed by atoms with E-state index in [9.17, 15) is 0 Å². The molecule has 0 atom stereocenters. The topological polar surface area (TPSA) is 27.7 Å². The van der Waals surface area contributed by atoms with Crippen LogP contribution in [0.2, 0.25) is 0 Å². The summed E-state index contributed by atoms with van der Waals surface area (Å²) in [5.41, 5.74) is 15.7. The van der Waals surface area contributed by atoms with Crippen LogP contribution in [-0.4, -0.2) is 18.9 Å². The van der Waals surface area contributed by atoms with E-state index in [1.165, 1.54) is 54.4 Å². The molecule has 4 heteroatoms. The van der Waals surface area contributed by atoms with E-state index < -0.39 is 0 Å². The first-order valence-electron chi connectivity index (χ1n) is 21.6. The zero-order chi connectivity index (χ0) is 41.4. The van der Waals surface area contributed by atoms with Crippen molar-refractivity contribution in [3.8, 4) is 50.6 Å². The summed E-state index contributed by atoms with van der Waals surface area (Å²) in [5.74, 6) is 0. The van der Waals surface area contributed by atoms with Gasteiger partial charge in [-0.25, -0.2) is 4.68 Å². The highest BCUT2D eigenvalue weighted by Gasteiger charge is 2.22. The molecular weight excluding hydrogens is 765 g/mol. The van der Waals surface area contributed by atoms with E-state index >= 15 is 0 Å². The van der Waals surface area contributed by atoms with E-state index in [0.29, 0.717) is 0 Å². The molecule has 0 amide bonds. The van der Waals surface area contributed by atoms with Crippen molar-refractivity contribution in [3.05, 3.63) is 231 Å². The number of nitrogens with zero attached hydrogens (tertiary/aromatic N) is 4. The van der Waals surface area contributed by atoms with E-state index in [2.05, 4.69) is 244 Å². The van der Waals surface area contributed by atoms with E-state index in [1.807, 2.05) is 0 Å². The molecule has 0 spiro atoms. The summed E-state index contributed by atoms with van der Waals surface area (Å²) in [6.45, 7) is 0. The first kappa shape index (κ1) is 35.3. The van der Waals surface area contributed by atoms with E-state index in [1.54, 1.807) is 0 Å². The second kappa shape index (κ2) is 14.1. The first-order valence-corrected chi connectivity index (χ1v) is 21.6. The van der Waals surface area contributed by atoms with Gasteiger partial charge in [0.1, 0.15) is 5.69 Å².